The van der Waals surface area contributed by atoms with Gasteiger partial charge in [0.2, 0.25) is 0 Å². The maximum atomic E-state index is 5.44. The highest BCUT2D eigenvalue weighted by Gasteiger charge is 2.20. The van der Waals surface area contributed by atoms with E-state index in [2.05, 4.69) is 56.6 Å². The van der Waals surface area contributed by atoms with Crippen molar-refractivity contribution < 1.29 is 4.42 Å². The van der Waals surface area contributed by atoms with Gasteiger partial charge in [-0.05, 0) is 81.0 Å². The fourth-order valence-electron chi connectivity index (χ4n) is 2.67. The van der Waals surface area contributed by atoms with Crippen LogP contribution in [-0.2, 0) is 0 Å². The van der Waals surface area contributed by atoms with Crippen LogP contribution in [0.5, 0.6) is 0 Å². The molecule has 0 amide bonds. The Hall–Kier alpha value is -1.02. The van der Waals surface area contributed by atoms with Crippen LogP contribution in [0.2, 0.25) is 0 Å². The summed E-state index contributed by atoms with van der Waals surface area (Å²) >= 11 is 3.84. The lowest BCUT2D eigenvalue weighted by Gasteiger charge is -2.21. The van der Waals surface area contributed by atoms with Crippen LogP contribution in [0.1, 0.15) is 49.5 Å². The molecule has 0 saturated heterocycles. The molecule has 0 N–H and O–H groups in total. The molecule has 19 heavy (non-hydrogen) atoms. The summed E-state index contributed by atoms with van der Waals surface area (Å²) in [5.74, 6) is 0.954. The van der Waals surface area contributed by atoms with E-state index in [-0.39, 0.29) is 4.83 Å². The summed E-state index contributed by atoms with van der Waals surface area (Å²) < 4.78 is 5.44. The number of aryl methyl sites for hydroxylation is 1. The summed E-state index contributed by atoms with van der Waals surface area (Å²) in [6.07, 6.45) is 1.85. The molecule has 2 aromatic rings. The molecule has 0 fully saturated rings. The molecular weight excluding hydrogens is 300 g/mol. The third kappa shape index (κ3) is 2.38. The van der Waals surface area contributed by atoms with Crippen molar-refractivity contribution in [2.45, 2.75) is 46.4 Å². The van der Waals surface area contributed by atoms with Gasteiger partial charge < -0.3 is 4.42 Å². The number of rotatable bonds is 2. The third-order valence-corrected chi connectivity index (χ3v) is 5.34. The van der Waals surface area contributed by atoms with Crippen LogP contribution in [-0.4, -0.2) is 0 Å². The Morgan fingerprint density at radius 1 is 0.842 bits per heavy atom. The zero-order chi connectivity index (χ0) is 14.3. The van der Waals surface area contributed by atoms with Gasteiger partial charge in [-0.1, -0.05) is 15.9 Å². The Morgan fingerprint density at radius 3 is 1.74 bits per heavy atom. The van der Waals surface area contributed by atoms with Crippen LogP contribution >= 0.6 is 15.9 Å². The molecule has 2 rings (SSSR count). The Morgan fingerprint density at radius 2 is 1.32 bits per heavy atom. The van der Waals surface area contributed by atoms with Crippen LogP contribution < -0.4 is 0 Å². The van der Waals surface area contributed by atoms with Crippen molar-refractivity contribution in [2.75, 3.05) is 0 Å². The largest absolute Gasteiger partial charge is 0.469 e. The van der Waals surface area contributed by atoms with Gasteiger partial charge in [0.25, 0.3) is 0 Å². The van der Waals surface area contributed by atoms with Crippen molar-refractivity contribution in [3.8, 4) is 0 Å². The number of hydrogen-bond acceptors (Lipinski definition) is 1. The molecule has 1 aromatic heterocycles. The zero-order valence-corrected chi connectivity index (χ0v) is 14.1. The average molecular weight is 321 g/mol. The van der Waals surface area contributed by atoms with Gasteiger partial charge in [-0.15, -0.1) is 0 Å². The molecule has 0 aliphatic rings. The second kappa shape index (κ2) is 5.16. The van der Waals surface area contributed by atoms with Crippen molar-refractivity contribution in [3.05, 3.63) is 57.0 Å². The van der Waals surface area contributed by atoms with E-state index in [1.165, 1.54) is 38.9 Å². The third-order valence-electron chi connectivity index (χ3n) is 4.35. The van der Waals surface area contributed by atoms with Crippen molar-refractivity contribution >= 4 is 15.9 Å². The van der Waals surface area contributed by atoms with Crippen molar-refractivity contribution in [1.29, 1.82) is 0 Å². The van der Waals surface area contributed by atoms with Gasteiger partial charge in [-0.2, -0.15) is 0 Å². The fourth-order valence-corrected chi connectivity index (χ4v) is 3.60. The highest BCUT2D eigenvalue weighted by molar-refractivity contribution is 9.09. The fraction of sp³-hybridized carbons (Fsp3) is 0.412. The van der Waals surface area contributed by atoms with Crippen molar-refractivity contribution in [1.82, 2.24) is 0 Å². The van der Waals surface area contributed by atoms with E-state index in [1.807, 2.05) is 13.2 Å². The normalized spacial score (nSPS) is 12.8. The lowest BCUT2D eigenvalue weighted by Crippen LogP contribution is -2.05. The molecule has 1 heterocycles. The van der Waals surface area contributed by atoms with Gasteiger partial charge in [0.1, 0.15) is 5.76 Å². The number of benzene rings is 1. The lowest BCUT2D eigenvalue weighted by molar-refractivity contribution is 0.532. The first-order valence-corrected chi connectivity index (χ1v) is 7.52. The van der Waals surface area contributed by atoms with E-state index in [0.717, 1.165) is 5.76 Å². The molecule has 1 nitrogen and oxygen atoms in total. The Bertz CT molecular complexity index is 593. The highest BCUT2D eigenvalue weighted by Crippen LogP contribution is 2.39. The topological polar surface area (TPSA) is 13.1 Å². The molecule has 0 saturated carbocycles. The Balaban J connectivity index is 2.63. The number of halogens is 1. The van der Waals surface area contributed by atoms with E-state index in [0.29, 0.717) is 0 Å². The van der Waals surface area contributed by atoms with Crippen LogP contribution in [0, 0.1) is 41.5 Å². The summed E-state index contributed by atoms with van der Waals surface area (Å²) in [5.41, 5.74) is 9.50. The number of hydrogen-bond donors (Lipinski definition) is 0. The molecule has 2 heteroatoms. The first-order valence-electron chi connectivity index (χ1n) is 6.60. The van der Waals surface area contributed by atoms with Crippen molar-refractivity contribution in [2.24, 2.45) is 0 Å². The van der Waals surface area contributed by atoms with E-state index in [4.69, 9.17) is 4.42 Å². The minimum Gasteiger partial charge on any atom is -0.469 e. The standard InChI is InChI=1S/C17H21BrO/c1-9-7-15(8-19-9)17(18)16-13(5)11(3)10(2)12(4)14(16)6/h7-8,17H,1-6H3. The molecule has 1 atom stereocenters. The average Bonchev–Trinajstić information content (AvgIpc) is 2.81. The smallest absolute Gasteiger partial charge is 0.101 e. The zero-order valence-electron chi connectivity index (χ0n) is 12.5. The molecule has 1 unspecified atom stereocenters. The predicted octanol–water partition coefficient (Wildman–Crippen LogP) is 5.61. The van der Waals surface area contributed by atoms with Gasteiger partial charge in [-0.25, -0.2) is 0 Å². The predicted molar refractivity (Wildman–Crippen MR) is 84.3 cm³/mol. The van der Waals surface area contributed by atoms with E-state index < -0.39 is 0 Å². The van der Waals surface area contributed by atoms with E-state index >= 15 is 0 Å². The minimum absolute atomic E-state index is 0.197. The summed E-state index contributed by atoms with van der Waals surface area (Å²) in [6.45, 7) is 13.0. The molecule has 0 aliphatic carbocycles. The summed E-state index contributed by atoms with van der Waals surface area (Å²) in [6, 6.07) is 2.10. The summed E-state index contributed by atoms with van der Waals surface area (Å²) in [4.78, 5) is 0.197. The molecule has 0 radical (unpaired) electrons. The number of furan rings is 1. The molecule has 0 spiro atoms. The first-order chi connectivity index (χ1) is 8.84. The van der Waals surface area contributed by atoms with Crippen LogP contribution in [0.25, 0.3) is 0 Å². The quantitative estimate of drug-likeness (QED) is 0.655. The second-order valence-electron chi connectivity index (χ2n) is 5.39. The van der Waals surface area contributed by atoms with Crippen LogP contribution in [0.3, 0.4) is 0 Å². The van der Waals surface area contributed by atoms with Gasteiger partial charge in [0.15, 0.2) is 0 Å². The second-order valence-corrected chi connectivity index (χ2v) is 6.31. The van der Waals surface area contributed by atoms with E-state index in [1.54, 1.807) is 0 Å². The SMILES string of the molecule is Cc1cc(C(Br)c2c(C)c(C)c(C)c(C)c2C)co1. The Kier molecular flexibility index (Phi) is 3.91. The minimum atomic E-state index is 0.197. The van der Waals surface area contributed by atoms with Gasteiger partial charge >= 0.3 is 0 Å². The molecule has 0 aliphatic heterocycles. The highest BCUT2D eigenvalue weighted by atomic mass is 79.9. The number of alkyl halides is 1. The Labute approximate surface area is 124 Å². The summed E-state index contributed by atoms with van der Waals surface area (Å²) in [7, 11) is 0. The van der Waals surface area contributed by atoms with Crippen LogP contribution in [0.4, 0.5) is 0 Å². The first kappa shape index (κ1) is 14.4. The van der Waals surface area contributed by atoms with Crippen molar-refractivity contribution in [3.63, 3.8) is 0 Å². The maximum Gasteiger partial charge on any atom is 0.101 e. The van der Waals surface area contributed by atoms with Crippen LogP contribution in [0.15, 0.2) is 16.7 Å². The molecule has 0 bridgehead atoms. The molecular formula is C17H21BrO. The lowest BCUT2D eigenvalue weighted by atomic mass is 9.87. The summed E-state index contributed by atoms with van der Waals surface area (Å²) in [5, 5.41) is 0. The molecule has 102 valence electrons. The van der Waals surface area contributed by atoms with Gasteiger partial charge in [0, 0.05) is 5.56 Å². The van der Waals surface area contributed by atoms with E-state index in [9.17, 15) is 0 Å². The van der Waals surface area contributed by atoms with Gasteiger partial charge in [0.05, 0.1) is 11.1 Å². The monoisotopic (exact) mass is 320 g/mol. The maximum absolute atomic E-state index is 5.44. The molecule has 1 aromatic carbocycles. The van der Waals surface area contributed by atoms with Gasteiger partial charge in [-0.3, -0.25) is 0 Å².